The van der Waals surface area contributed by atoms with Gasteiger partial charge in [0.15, 0.2) is 5.96 Å². The van der Waals surface area contributed by atoms with Crippen LogP contribution in [0.25, 0.3) is 0 Å². The van der Waals surface area contributed by atoms with Crippen LogP contribution in [0.3, 0.4) is 0 Å². The Morgan fingerprint density at radius 3 is 2.10 bits per heavy atom. The lowest BCUT2D eigenvalue weighted by Gasteiger charge is -2.24. The minimum atomic E-state index is -1.24. The largest absolute Gasteiger partial charge is 0.508 e. The summed E-state index contributed by atoms with van der Waals surface area (Å²) in [5.41, 5.74) is 10.3. The lowest BCUT2D eigenvalue weighted by molar-refractivity contribution is -0.129. The molecule has 0 aromatic heterocycles. The first-order chi connectivity index (χ1) is 32.8. The number of guanidine groups is 1. The first-order valence-corrected chi connectivity index (χ1v) is 22.3. The van der Waals surface area contributed by atoms with Crippen LogP contribution in [0.1, 0.15) is 88.8 Å². The fourth-order valence-corrected chi connectivity index (χ4v) is 6.16. The number of aliphatic imine (C=N–C) groups is 1. The van der Waals surface area contributed by atoms with Gasteiger partial charge in [-0.25, -0.2) is 28.6 Å². The number of carbonyl (C=O) groups excluding carboxylic acids is 7. The number of amides is 9. The number of unbranched alkanes of at least 4 members (excludes halogenated alkanes) is 1. The Bertz CT molecular complexity index is 2210. The highest BCUT2D eigenvalue weighted by Crippen LogP contribution is 2.28. The molecule has 12 N–H and O–H groups in total. The maximum Gasteiger partial charge on any atom is 0.407 e. The topological polar surface area (TPSA) is 305 Å². The number of rotatable bonds is 24. The van der Waals surface area contributed by atoms with Crippen LogP contribution >= 0.6 is 0 Å². The molecule has 0 aliphatic rings. The molecular formula is C46H63F2N11O10. The van der Waals surface area contributed by atoms with E-state index in [4.69, 9.17) is 15.2 Å². The fraction of sp³-hybridized carbons (Fsp3) is 0.435. The molecule has 0 spiro atoms. The minimum absolute atomic E-state index is 0.00719. The van der Waals surface area contributed by atoms with Crippen LogP contribution in [0.15, 0.2) is 71.7 Å². The van der Waals surface area contributed by atoms with Crippen molar-refractivity contribution < 1.29 is 56.9 Å². The number of hydrogen-bond acceptors (Lipinski definition) is 10. The number of hydrazine groups is 1. The number of alkyl carbamates (subject to hydrolysis) is 1. The van der Waals surface area contributed by atoms with E-state index < -0.39 is 82.9 Å². The zero-order valence-corrected chi connectivity index (χ0v) is 39.1. The van der Waals surface area contributed by atoms with E-state index in [9.17, 15) is 47.4 Å². The van der Waals surface area contributed by atoms with Crippen molar-refractivity contribution in [1.82, 2.24) is 48.1 Å². The van der Waals surface area contributed by atoms with Crippen molar-refractivity contribution in [2.24, 2.45) is 10.7 Å². The molecule has 0 aliphatic heterocycles. The van der Waals surface area contributed by atoms with Crippen molar-refractivity contribution in [3.63, 3.8) is 0 Å². The molecule has 9 amide bonds. The number of carbonyl (C=O) groups is 7. The fourth-order valence-electron chi connectivity index (χ4n) is 6.16. The van der Waals surface area contributed by atoms with Crippen molar-refractivity contribution in [2.45, 2.75) is 90.3 Å². The molecular weight excluding hydrogens is 905 g/mol. The lowest BCUT2D eigenvalue weighted by atomic mass is 9.90. The number of nitrogens with two attached hydrogens (primary N) is 1. The van der Waals surface area contributed by atoms with Crippen LogP contribution in [0.2, 0.25) is 0 Å². The van der Waals surface area contributed by atoms with Crippen molar-refractivity contribution in [2.75, 3.05) is 39.3 Å². The van der Waals surface area contributed by atoms with Crippen LogP contribution in [0.4, 0.5) is 23.2 Å². The molecule has 376 valence electrons. The monoisotopic (exact) mass is 967 g/mol. The molecule has 0 saturated heterocycles. The molecule has 0 saturated carbocycles. The highest BCUT2D eigenvalue weighted by molar-refractivity contribution is 5.93. The Morgan fingerprint density at radius 2 is 1.41 bits per heavy atom. The van der Waals surface area contributed by atoms with Crippen LogP contribution in [-0.2, 0) is 30.5 Å². The molecule has 23 heteroatoms. The number of halogens is 2. The van der Waals surface area contributed by atoms with Crippen molar-refractivity contribution in [3.05, 3.63) is 95.1 Å². The molecule has 0 aliphatic carbocycles. The van der Waals surface area contributed by atoms with Crippen molar-refractivity contribution in [1.29, 1.82) is 0 Å². The zero-order chi connectivity index (χ0) is 50.8. The van der Waals surface area contributed by atoms with Gasteiger partial charge in [0.05, 0.1) is 12.5 Å². The summed E-state index contributed by atoms with van der Waals surface area (Å²) in [4.78, 5) is 91.1. The Labute approximate surface area is 398 Å². The van der Waals surface area contributed by atoms with Gasteiger partial charge < -0.3 is 57.5 Å². The molecule has 69 heavy (non-hydrogen) atoms. The van der Waals surface area contributed by atoms with Crippen LogP contribution in [-0.4, -0.2) is 104 Å². The van der Waals surface area contributed by atoms with E-state index in [0.29, 0.717) is 48.3 Å². The standard InChI is InChI=1S/C46H63F2N11O10/c1-5-37(61)50-22-23-53-43(65)57-42(49)51-20-12-17-36(40(63)55-28-33-34(47)26-31(60)27-35(33)48)56-41(64)39(29-13-7-6-8-14-29)30-15-11-16-32(25-30)68-24-10-9-19-52-44(66)59-58-38(62)18-21-54-45(67)69-46(2,3)4/h6-8,11,13-16,25-27,36,39,60H,5,9-10,12,17-24,28H2,1-4H3,(H,50,61)(H,54,67)(H,55,63)(H,56,64)(H,58,62)(H2,52,59,66)(H4,49,51,53,57,65)/t36-,39?/m1/s1. The third kappa shape index (κ3) is 22.1. The van der Waals surface area contributed by atoms with E-state index in [0.717, 1.165) is 0 Å². The molecule has 0 heterocycles. The second kappa shape index (κ2) is 29.1. The maximum atomic E-state index is 14.6. The Morgan fingerprint density at radius 1 is 0.725 bits per heavy atom. The third-order valence-electron chi connectivity index (χ3n) is 9.49. The average Bonchev–Trinajstić information content (AvgIpc) is 3.28. The summed E-state index contributed by atoms with van der Waals surface area (Å²) in [6.07, 6.45) is 0.747. The number of nitrogens with zero attached hydrogens (tertiary/aromatic N) is 1. The number of phenolic OH excluding ortho intramolecular Hbond substituents is 1. The summed E-state index contributed by atoms with van der Waals surface area (Å²) in [5.74, 6) is -5.61. The van der Waals surface area contributed by atoms with E-state index in [-0.39, 0.29) is 70.5 Å². The highest BCUT2D eigenvalue weighted by Gasteiger charge is 2.29. The van der Waals surface area contributed by atoms with E-state index in [1.807, 2.05) is 0 Å². The number of urea groups is 2. The lowest BCUT2D eigenvalue weighted by Crippen LogP contribution is -2.48. The van der Waals surface area contributed by atoms with Gasteiger partial charge in [-0.05, 0) is 69.7 Å². The van der Waals surface area contributed by atoms with Gasteiger partial charge in [0.25, 0.3) is 0 Å². The van der Waals surface area contributed by atoms with Gasteiger partial charge in [-0.3, -0.25) is 24.6 Å². The Balaban J connectivity index is 1.61. The number of ether oxygens (including phenoxy) is 2. The second-order valence-corrected chi connectivity index (χ2v) is 16.2. The van der Waals surface area contributed by atoms with Gasteiger partial charge in [-0.15, -0.1) is 0 Å². The predicted octanol–water partition coefficient (Wildman–Crippen LogP) is 2.93. The van der Waals surface area contributed by atoms with Crippen LogP contribution < -0.4 is 58.5 Å². The smallest absolute Gasteiger partial charge is 0.407 e. The summed E-state index contributed by atoms with van der Waals surface area (Å²) in [6.45, 7) is 7.14. The number of hydrogen-bond donors (Lipinski definition) is 11. The molecule has 0 fully saturated rings. The Kier molecular flexibility index (Phi) is 23.5. The molecule has 0 radical (unpaired) electrons. The molecule has 1 unspecified atom stereocenters. The second-order valence-electron chi connectivity index (χ2n) is 16.2. The van der Waals surface area contributed by atoms with Gasteiger partial charge >= 0.3 is 18.2 Å². The van der Waals surface area contributed by atoms with Gasteiger partial charge in [0, 0.05) is 69.8 Å². The zero-order valence-electron chi connectivity index (χ0n) is 39.1. The first-order valence-electron chi connectivity index (χ1n) is 22.3. The molecule has 3 rings (SSSR count). The quantitative estimate of drug-likeness (QED) is 0.0267. The van der Waals surface area contributed by atoms with E-state index in [2.05, 4.69) is 53.1 Å². The highest BCUT2D eigenvalue weighted by atomic mass is 19.1. The number of aromatic hydroxyl groups is 1. The van der Waals surface area contributed by atoms with Gasteiger partial charge in [0.2, 0.25) is 23.6 Å². The van der Waals surface area contributed by atoms with E-state index in [1.54, 1.807) is 82.3 Å². The van der Waals surface area contributed by atoms with Gasteiger partial charge in [-0.2, -0.15) is 4.99 Å². The van der Waals surface area contributed by atoms with Crippen molar-refractivity contribution in [3.8, 4) is 11.5 Å². The summed E-state index contributed by atoms with van der Waals surface area (Å²) >= 11 is 0. The number of benzene rings is 3. The van der Waals surface area contributed by atoms with Gasteiger partial charge in [-0.1, -0.05) is 49.4 Å². The minimum Gasteiger partial charge on any atom is -0.508 e. The molecule has 0 bridgehead atoms. The molecule has 21 nitrogen and oxygen atoms in total. The van der Waals surface area contributed by atoms with Crippen LogP contribution in [0, 0.1) is 11.6 Å². The summed E-state index contributed by atoms with van der Waals surface area (Å²) in [6, 6.07) is 14.3. The van der Waals surface area contributed by atoms with Crippen molar-refractivity contribution >= 4 is 47.7 Å². The number of phenols is 1. The summed E-state index contributed by atoms with van der Waals surface area (Å²) < 4.78 is 40.2. The Hall–Kier alpha value is -7.72. The van der Waals surface area contributed by atoms with E-state index in [1.165, 1.54) is 0 Å². The third-order valence-corrected chi connectivity index (χ3v) is 9.49. The van der Waals surface area contributed by atoms with Gasteiger partial charge in [0.1, 0.15) is 34.8 Å². The number of nitrogens with one attached hydrogen (secondary N) is 9. The molecule has 3 aromatic rings. The summed E-state index contributed by atoms with van der Waals surface area (Å²) in [7, 11) is 0. The molecule has 2 atom stereocenters. The van der Waals surface area contributed by atoms with E-state index >= 15 is 0 Å². The SMILES string of the molecule is CCC(=O)NCCNC(=O)/N=C(/N)NCCC[C@@H](NC(=O)C(c1ccccc1)c1cccc(OCCCCNC(=O)NNC(=O)CCNC(=O)OC(C)(C)C)c1)C(=O)NCc1c(F)cc(O)cc1F. The predicted molar refractivity (Wildman–Crippen MR) is 250 cm³/mol. The normalized spacial score (nSPS) is 12.0. The summed E-state index contributed by atoms with van der Waals surface area (Å²) in [5, 5.41) is 27.7. The average molecular weight is 968 g/mol. The molecule has 3 aromatic carbocycles. The first kappa shape index (κ1) is 55.6. The maximum absolute atomic E-state index is 14.6. The van der Waals surface area contributed by atoms with Crippen LogP contribution in [0.5, 0.6) is 11.5 Å².